The SMILES string of the molecule is C=C(/C=C(\C=C/C)CN1CCC(N(Cc2ccnc(-c3cc(OC)c(OC)c(OC)c3)c2)c2cc(OC)cc(OC)c2)CC1)c1cc(OC)c(OC)c(OC)c1. The Morgan fingerprint density at radius 2 is 1.29 bits per heavy atom. The van der Waals surface area contributed by atoms with Gasteiger partial charge in [-0.1, -0.05) is 24.8 Å². The molecule has 1 aliphatic heterocycles. The van der Waals surface area contributed by atoms with E-state index in [1.807, 2.05) is 43.5 Å². The van der Waals surface area contributed by atoms with E-state index in [1.165, 1.54) is 0 Å². The Morgan fingerprint density at radius 1 is 0.732 bits per heavy atom. The van der Waals surface area contributed by atoms with Crippen LogP contribution >= 0.6 is 0 Å². The van der Waals surface area contributed by atoms with Crippen molar-refractivity contribution in [1.29, 1.82) is 0 Å². The molecule has 0 spiro atoms. The van der Waals surface area contributed by atoms with Crippen molar-refractivity contribution in [3.63, 3.8) is 0 Å². The molecule has 1 aromatic heterocycles. The summed E-state index contributed by atoms with van der Waals surface area (Å²) < 4.78 is 45.0. The molecule has 0 bridgehead atoms. The molecular weight excluding hydrogens is 711 g/mol. The van der Waals surface area contributed by atoms with Gasteiger partial charge in [-0.2, -0.15) is 0 Å². The van der Waals surface area contributed by atoms with Gasteiger partial charge in [0.25, 0.3) is 0 Å². The molecule has 0 unspecified atom stereocenters. The van der Waals surface area contributed by atoms with Crippen LogP contribution in [0.2, 0.25) is 0 Å². The van der Waals surface area contributed by atoms with Crippen LogP contribution in [0.5, 0.6) is 46.0 Å². The molecule has 0 amide bonds. The number of rotatable bonds is 18. The average Bonchev–Trinajstić information content (AvgIpc) is 3.24. The van der Waals surface area contributed by atoms with Crippen molar-refractivity contribution in [2.45, 2.75) is 32.4 Å². The fraction of sp³-hybridized carbons (Fsp3) is 0.356. The number of hydrogen-bond donors (Lipinski definition) is 0. The normalized spacial score (nSPS) is 13.6. The Bertz CT molecular complexity index is 1950. The maximum atomic E-state index is 5.71. The lowest BCUT2D eigenvalue weighted by atomic mass is 9.99. The monoisotopic (exact) mass is 765 g/mol. The van der Waals surface area contributed by atoms with Crippen LogP contribution in [0.1, 0.15) is 30.9 Å². The molecule has 0 saturated carbocycles. The minimum absolute atomic E-state index is 0.254. The number of aromatic nitrogens is 1. The molecule has 11 heteroatoms. The lowest BCUT2D eigenvalue weighted by molar-refractivity contribution is 0.224. The maximum Gasteiger partial charge on any atom is 0.203 e. The van der Waals surface area contributed by atoms with E-state index >= 15 is 0 Å². The summed E-state index contributed by atoms with van der Waals surface area (Å²) in [5.74, 6) is 4.90. The lowest BCUT2D eigenvalue weighted by Crippen LogP contribution is -2.45. The predicted octanol–water partition coefficient (Wildman–Crippen LogP) is 8.50. The fourth-order valence-electron chi connectivity index (χ4n) is 7.13. The van der Waals surface area contributed by atoms with Crippen molar-refractivity contribution in [3.8, 4) is 57.3 Å². The highest BCUT2D eigenvalue weighted by Crippen LogP contribution is 2.42. The number of methoxy groups -OCH3 is 8. The second-order valence-electron chi connectivity index (χ2n) is 13.3. The molecule has 1 fully saturated rings. The third-order valence-corrected chi connectivity index (χ3v) is 9.99. The van der Waals surface area contributed by atoms with Crippen molar-refractivity contribution in [2.75, 3.05) is 81.4 Å². The Kier molecular flexibility index (Phi) is 14.5. The predicted molar refractivity (Wildman–Crippen MR) is 223 cm³/mol. The van der Waals surface area contributed by atoms with Crippen LogP contribution in [-0.2, 0) is 6.54 Å². The third kappa shape index (κ3) is 9.70. The van der Waals surface area contributed by atoms with Gasteiger partial charge >= 0.3 is 0 Å². The zero-order chi connectivity index (χ0) is 40.2. The van der Waals surface area contributed by atoms with Crippen LogP contribution < -0.4 is 42.8 Å². The summed E-state index contributed by atoms with van der Waals surface area (Å²) in [7, 11) is 13.0. The highest BCUT2D eigenvalue weighted by Gasteiger charge is 2.27. The molecule has 1 aliphatic rings. The smallest absolute Gasteiger partial charge is 0.203 e. The van der Waals surface area contributed by atoms with Gasteiger partial charge in [-0.05, 0) is 78.4 Å². The third-order valence-electron chi connectivity index (χ3n) is 9.99. The van der Waals surface area contributed by atoms with E-state index in [0.717, 1.165) is 83.2 Å². The van der Waals surface area contributed by atoms with Crippen molar-refractivity contribution >= 4 is 11.3 Å². The van der Waals surface area contributed by atoms with E-state index < -0.39 is 0 Å². The quantitative estimate of drug-likeness (QED) is 0.0914. The molecule has 11 nitrogen and oxygen atoms in total. The number of hydrogen-bond acceptors (Lipinski definition) is 11. The molecule has 0 aliphatic carbocycles. The van der Waals surface area contributed by atoms with Gasteiger partial charge in [0, 0.05) is 67.9 Å². The molecule has 0 N–H and O–H groups in total. The molecule has 3 aromatic carbocycles. The van der Waals surface area contributed by atoms with Gasteiger partial charge in [0.05, 0.1) is 62.6 Å². The number of ether oxygens (including phenoxy) is 8. The zero-order valence-electron chi connectivity index (χ0n) is 34.1. The number of likely N-dealkylation sites (tertiary alicyclic amines) is 1. The highest BCUT2D eigenvalue weighted by molar-refractivity contribution is 5.77. The number of nitrogens with zero attached hydrogens (tertiary/aromatic N) is 3. The Labute approximate surface area is 331 Å². The van der Waals surface area contributed by atoms with Crippen molar-refractivity contribution < 1.29 is 37.9 Å². The zero-order valence-corrected chi connectivity index (χ0v) is 34.1. The van der Waals surface area contributed by atoms with Crippen molar-refractivity contribution in [1.82, 2.24) is 9.88 Å². The molecule has 5 rings (SSSR count). The first kappa shape index (κ1) is 41.4. The van der Waals surface area contributed by atoms with Crippen molar-refractivity contribution in [3.05, 3.63) is 102 Å². The molecule has 4 aromatic rings. The first-order chi connectivity index (χ1) is 27.2. The van der Waals surface area contributed by atoms with Crippen LogP contribution in [-0.4, -0.2) is 92.4 Å². The molecule has 0 radical (unpaired) electrons. The Morgan fingerprint density at radius 3 is 1.79 bits per heavy atom. The van der Waals surface area contributed by atoms with Crippen LogP contribution in [0.4, 0.5) is 5.69 Å². The summed E-state index contributed by atoms with van der Waals surface area (Å²) >= 11 is 0. The van der Waals surface area contributed by atoms with Gasteiger partial charge < -0.3 is 42.8 Å². The van der Waals surface area contributed by atoms with Crippen LogP contribution in [0.3, 0.4) is 0 Å². The number of pyridine rings is 1. The summed E-state index contributed by atoms with van der Waals surface area (Å²) in [5.41, 5.74) is 6.72. The molecular formula is C45H55N3O8. The molecule has 2 heterocycles. The molecule has 298 valence electrons. The van der Waals surface area contributed by atoms with Crippen molar-refractivity contribution in [2.24, 2.45) is 0 Å². The topological polar surface area (TPSA) is 93.2 Å². The summed E-state index contributed by atoms with van der Waals surface area (Å²) in [6.45, 7) is 9.71. The van der Waals surface area contributed by atoms with E-state index in [9.17, 15) is 0 Å². The van der Waals surface area contributed by atoms with Gasteiger partial charge in [0.2, 0.25) is 11.5 Å². The van der Waals surface area contributed by atoms with Crippen LogP contribution in [0, 0.1) is 0 Å². The van der Waals surface area contributed by atoms with Crippen LogP contribution in [0.25, 0.3) is 16.8 Å². The number of piperidine rings is 1. The van der Waals surface area contributed by atoms with E-state index in [-0.39, 0.29) is 6.04 Å². The van der Waals surface area contributed by atoms with Crippen LogP contribution in [0.15, 0.2) is 91.2 Å². The van der Waals surface area contributed by atoms with E-state index in [4.69, 9.17) is 42.9 Å². The molecule has 0 atom stereocenters. The van der Waals surface area contributed by atoms with Gasteiger partial charge in [-0.15, -0.1) is 0 Å². The van der Waals surface area contributed by atoms with E-state index in [1.54, 1.807) is 56.9 Å². The minimum atomic E-state index is 0.254. The Hall–Kier alpha value is -5.81. The second kappa shape index (κ2) is 19.7. The molecule has 1 saturated heterocycles. The average molecular weight is 766 g/mol. The van der Waals surface area contributed by atoms with Gasteiger partial charge in [0.15, 0.2) is 23.0 Å². The Balaban J connectivity index is 1.39. The van der Waals surface area contributed by atoms with Gasteiger partial charge in [0.1, 0.15) is 11.5 Å². The van der Waals surface area contributed by atoms with Gasteiger partial charge in [-0.3, -0.25) is 9.88 Å². The highest BCUT2D eigenvalue weighted by atomic mass is 16.5. The number of allylic oxidation sites excluding steroid dienone is 3. The minimum Gasteiger partial charge on any atom is -0.497 e. The summed E-state index contributed by atoms with van der Waals surface area (Å²) in [6.07, 6.45) is 10.1. The fourth-order valence-corrected chi connectivity index (χ4v) is 7.13. The largest absolute Gasteiger partial charge is 0.497 e. The first-order valence-electron chi connectivity index (χ1n) is 18.5. The van der Waals surface area contributed by atoms with E-state index in [0.29, 0.717) is 41.0 Å². The summed E-state index contributed by atoms with van der Waals surface area (Å²) in [4.78, 5) is 9.70. The summed E-state index contributed by atoms with van der Waals surface area (Å²) in [6, 6.07) is 18.2. The molecule has 56 heavy (non-hydrogen) atoms. The lowest BCUT2D eigenvalue weighted by Gasteiger charge is -2.40. The van der Waals surface area contributed by atoms with E-state index in [2.05, 4.69) is 58.9 Å². The second-order valence-corrected chi connectivity index (χ2v) is 13.3. The number of anilines is 1. The standard InChI is InChI=1S/C45H55N3O8/c1-11-12-31(19-30(2)33-21-40(51-5)44(55-9)41(22-33)52-6)28-47-17-14-35(15-18-47)48(36-25-37(49-3)27-38(26-36)50-4)29-32-13-16-46-39(20-32)34-23-42(53-7)45(56-10)43(24-34)54-8/h11-13,16,19-27,35H,2,14-15,17-18,28-29H2,1,3-10H3/b12-11-,31-19+. The first-order valence-corrected chi connectivity index (χ1v) is 18.5. The maximum absolute atomic E-state index is 5.71. The van der Waals surface area contributed by atoms with Gasteiger partial charge in [-0.25, -0.2) is 0 Å². The number of benzene rings is 3. The summed E-state index contributed by atoms with van der Waals surface area (Å²) in [5, 5.41) is 0.